The highest BCUT2D eigenvalue weighted by Crippen LogP contribution is 2.07. The summed E-state index contributed by atoms with van der Waals surface area (Å²) in [4.78, 5) is 11.9. The topological polar surface area (TPSA) is 34.0 Å². The largest absolute Gasteiger partial charge is 0.354 e. The number of hydrogen-bond acceptors (Lipinski definition) is 1. The second-order valence-electron chi connectivity index (χ2n) is 4.89. The number of carbonyl (C=O) groups is 1. The lowest BCUT2D eigenvalue weighted by atomic mass is 10.1. The molecule has 0 spiro atoms. The lowest BCUT2D eigenvalue weighted by molar-refractivity contribution is -0.121. The summed E-state index contributed by atoms with van der Waals surface area (Å²) in [5.74, 6) is -0.275. The highest BCUT2D eigenvalue weighted by Gasteiger charge is 2.07. The summed E-state index contributed by atoms with van der Waals surface area (Å²) < 4.78 is 15.4. The van der Waals surface area contributed by atoms with Crippen molar-refractivity contribution < 1.29 is 9.18 Å². The molecular formula is C16H19FN2O. The van der Waals surface area contributed by atoms with E-state index < -0.39 is 0 Å². The Labute approximate surface area is 118 Å². The van der Waals surface area contributed by atoms with Crippen LogP contribution >= 0.6 is 0 Å². The SMILES string of the molecule is Cc1ccc(C)n1CC(=O)NCCc1ccccc1F. The Hall–Kier alpha value is -2.10. The summed E-state index contributed by atoms with van der Waals surface area (Å²) in [7, 11) is 0. The molecule has 3 nitrogen and oxygen atoms in total. The number of carbonyl (C=O) groups excluding carboxylic acids is 1. The molecule has 1 N–H and O–H groups in total. The van der Waals surface area contributed by atoms with Crippen LogP contribution in [0.2, 0.25) is 0 Å². The zero-order chi connectivity index (χ0) is 14.5. The fourth-order valence-corrected chi connectivity index (χ4v) is 2.19. The van der Waals surface area contributed by atoms with Gasteiger partial charge in [0.2, 0.25) is 5.91 Å². The van der Waals surface area contributed by atoms with Gasteiger partial charge in [-0.25, -0.2) is 4.39 Å². The standard InChI is InChI=1S/C16H19FN2O/c1-12-7-8-13(2)19(12)11-16(20)18-10-9-14-5-3-4-6-15(14)17/h3-8H,9-11H2,1-2H3,(H,18,20). The summed E-state index contributed by atoms with van der Waals surface area (Å²) in [6.07, 6.45) is 0.502. The van der Waals surface area contributed by atoms with Crippen molar-refractivity contribution in [2.24, 2.45) is 0 Å². The Morgan fingerprint density at radius 3 is 2.45 bits per heavy atom. The number of benzene rings is 1. The van der Waals surface area contributed by atoms with Crippen molar-refractivity contribution in [1.29, 1.82) is 0 Å². The molecule has 0 aliphatic rings. The van der Waals surface area contributed by atoms with Crippen molar-refractivity contribution in [3.05, 3.63) is 59.2 Å². The summed E-state index contributed by atoms with van der Waals surface area (Å²) in [6, 6.07) is 10.6. The predicted molar refractivity (Wildman–Crippen MR) is 77.0 cm³/mol. The molecule has 1 heterocycles. The van der Waals surface area contributed by atoms with Crippen molar-refractivity contribution >= 4 is 5.91 Å². The van der Waals surface area contributed by atoms with Gasteiger partial charge in [-0.2, -0.15) is 0 Å². The second kappa shape index (κ2) is 6.37. The third-order valence-corrected chi connectivity index (χ3v) is 3.39. The van der Waals surface area contributed by atoms with Crippen LogP contribution in [0.15, 0.2) is 36.4 Å². The minimum atomic E-state index is -0.223. The number of hydrogen-bond donors (Lipinski definition) is 1. The normalized spacial score (nSPS) is 10.6. The van der Waals surface area contributed by atoms with Crippen LogP contribution in [0.3, 0.4) is 0 Å². The molecule has 4 heteroatoms. The number of rotatable bonds is 5. The van der Waals surface area contributed by atoms with E-state index in [4.69, 9.17) is 0 Å². The first-order valence-corrected chi connectivity index (χ1v) is 6.71. The fraction of sp³-hybridized carbons (Fsp3) is 0.312. The van der Waals surface area contributed by atoms with E-state index in [1.807, 2.05) is 30.5 Å². The molecule has 0 saturated carbocycles. The Morgan fingerprint density at radius 2 is 1.80 bits per heavy atom. The maximum atomic E-state index is 13.4. The van der Waals surface area contributed by atoms with Gasteiger partial charge in [0, 0.05) is 17.9 Å². The first-order chi connectivity index (χ1) is 9.58. The molecule has 1 aromatic carbocycles. The molecule has 2 rings (SSSR count). The van der Waals surface area contributed by atoms with Crippen LogP contribution < -0.4 is 5.32 Å². The molecule has 0 atom stereocenters. The van der Waals surface area contributed by atoms with Gasteiger partial charge < -0.3 is 9.88 Å². The van der Waals surface area contributed by atoms with E-state index in [-0.39, 0.29) is 11.7 Å². The van der Waals surface area contributed by atoms with Crippen LogP contribution in [0.4, 0.5) is 4.39 Å². The molecular weight excluding hydrogens is 255 g/mol. The molecule has 2 aromatic rings. The van der Waals surface area contributed by atoms with Gasteiger partial charge in [0.1, 0.15) is 12.4 Å². The minimum Gasteiger partial charge on any atom is -0.354 e. The molecule has 1 amide bonds. The van der Waals surface area contributed by atoms with Gasteiger partial charge >= 0.3 is 0 Å². The Kier molecular flexibility index (Phi) is 4.56. The zero-order valence-corrected chi connectivity index (χ0v) is 11.8. The van der Waals surface area contributed by atoms with Gasteiger partial charge in [-0.3, -0.25) is 4.79 Å². The lowest BCUT2D eigenvalue weighted by Gasteiger charge is -2.10. The van der Waals surface area contributed by atoms with E-state index in [2.05, 4.69) is 5.32 Å². The molecule has 0 aliphatic carbocycles. The number of nitrogens with one attached hydrogen (secondary N) is 1. The van der Waals surface area contributed by atoms with E-state index in [0.717, 1.165) is 11.4 Å². The molecule has 20 heavy (non-hydrogen) atoms. The Balaban J connectivity index is 1.83. The first kappa shape index (κ1) is 14.3. The third kappa shape index (κ3) is 3.47. The monoisotopic (exact) mass is 274 g/mol. The quantitative estimate of drug-likeness (QED) is 0.893. The Bertz CT molecular complexity index is 585. The van der Waals surface area contributed by atoms with Crippen LogP contribution in [-0.2, 0) is 17.8 Å². The molecule has 0 saturated heterocycles. The van der Waals surface area contributed by atoms with Gasteiger partial charge in [0.15, 0.2) is 0 Å². The molecule has 0 fully saturated rings. The van der Waals surface area contributed by atoms with Crippen LogP contribution in [0, 0.1) is 19.7 Å². The maximum Gasteiger partial charge on any atom is 0.239 e. The van der Waals surface area contributed by atoms with Crippen LogP contribution in [0.5, 0.6) is 0 Å². The average molecular weight is 274 g/mol. The van der Waals surface area contributed by atoms with E-state index in [0.29, 0.717) is 25.1 Å². The van der Waals surface area contributed by atoms with Gasteiger partial charge in [-0.1, -0.05) is 18.2 Å². The molecule has 1 aromatic heterocycles. The predicted octanol–water partition coefficient (Wildman–Crippen LogP) is 2.60. The van der Waals surface area contributed by atoms with Crippen molar-refractivity contribution in [2.45, 2.75) is 26.8 Å². The fourth-order valence-electron chi connectivity index (χ4n) is 2.19. The minimum absolute atomic E-state index is 0.0521. The van der Waals surface area contributed by atoms with Gasteiger partial charge in [-0.15, -0.1) is 0 Å². The van der Waals surface area contributed by atoms with Gasteiger partial charge in [0.05, 0.1) is 0 Å². The van der Waals surface area contributed by atoms with Crippen molar-refractivity contribution in [2.75, 3.05) is 6.54 Å². The van der Waals surface area contributed by atoms with E-state index in [1.165, 1.54) is 6.07 Å². The number of halogens is 1. The number of amides is 1. The third-order valence-electron chi connectivity index (χ3n) is 3.39. The summed E-state index contributed by atoms with van der Waals surface area (Å²) >= 11 is 0. The number of nitrogens with zero attached hydrogens (tertiary/aromatic N) is 1. The van der Waals surface area contributed by atoms with Crippen LogP contribution in [0.25, 0.3) is 0 Å². The van der Waals surface area contributed by atoms with Crippen LogP contribution in [0.1, 0.15) is 17.0 Å². The molecule has 0 aliphatic heterocycles. The highest BCUT2D eigenvalue weighted by atomic mass is 19.1. The highest BCUT2D eigenvalue weighted by molar-refractivity contribution is 5.75. The average Bonchev–Trinajstić information content (AvgIpc) is 2.73. The maximum absolute atomic E-state index is 13.4. The lowest BCUT2D eigenvalue weighted by Crippen LogP contribution is -2.30. The number of aromatic nitrogens is 1. The zero-order valence-electron chi connectivity index (χ0n) is 11.8. The molecule has 0 bridgehead atoms. The van der Waals surface area contributed by atoms with Crippen molar-refractivity contribution in [1.82, 2.24) is 9.88 Å². The van der Waals surface area contributed by atoms with Gasteiger partial charge in [0.25, 0.3) is 0 Å². The summed E-state index contributed by atoms with van der Waals surface area (Å²) in [6.45, 7) is 4.69. The smallest absolute Gasteiger partial charge is 0.239 e. The summed E-state index contributed by atoms with van der Waals surface area (Å²) in [5, 5.41) is 2.82. The van der Waals surface area contributed by atoms with Crippen molar-refractivity contribution in [3.63, 3.8) is 0 Å². The second-order valence-corrected chi connectivity index (χ2v) is 4.89. The van der Waals surface area contributed by atoms with Gasteiger partial charge in [-0.05, 0) is 44.0 Å². The molecule has 106 valence electrons. The molecule has 0 radical (unpaired) electrons. The molecule has 0 unspecified atom stereocenters. The van der Waals surface area contributed by atoms with Crippen molar-refractivity contribution in [3.8, 4) is 0 Å². The Morgan fingerprint density at radius 1 is 1.15 bits per heavy atom. The van der Waals surface area contributed by atoms with Crippen LogP contribution in [-0.4, -0.2) is 17.0 Å². The number of aryl methyl sites for hydroxylation is 2. The van der Waals surface area contributed by atoms with E-state index in [1.54, 1.807) is 18.2 Å². The van der Waals surface area contributed by atoms with E-state index >= 15 is 0 Å². The van der Waals surface area contributed by atoms with E-state index in [9.17, 15) is 9.18 Å². The summed E-state index contributed by atoms with van der Waals surface area (Å²) in [5.41, 5.74) is 2.75. The first-order valence-electron chi connectivity index (χ1n) is 6.71.